The number of rotatable bonds is 5. The van der Waals surface area contributed by atoms with Crippen molar-refractivity contribution in [3.8, 4) is 5.75 Å². The van der Waals surface area contributed by atoms with Gasteiger partial charge in [0.05, 0.1) is 11.1 Å². The second-order valence-corrected chi connectivity index (χ2v) is 3.87. The molecular formula is C10H12BrFN2O2. The second kappa shape index (κ2) is 5.81. The van der Waals surface area contributed by atoms with Crippen LogP contribution in [0.1, 0.15) is 12.0 Å². The Kier molecular flexibility index (Phi) is 4.70. The molecule has 0 aliphatic heterocycles. The maximum atomic E-state index is 13.7. The molecular weight excluding hydrogens is 279 g/mol. The molecule has 1 aromatic carbocycles. The molecule has 0 saturated carbocycles. The fourth-order valence-electron chi connectivity index (χ4n) is 1.10. The van der Waals surface area contributed by atoms with Crippen molar-refractivity contribution in [3.05, 3.63) is 28.0 Å². The summed E-state index contributed by atoms with van der Waals surface area (Å²) < 4.78 is 18.9. The number of hydrogen-bond acceptors (Lipinski definition) is 3. The SMILES string of the molecule is N=C(N)c1ccc(OCCCO)c(F)c1Br. The zero-order valence-electron chi connectivity index (χ0n) is 8.46. The summed E-state index contributed by atoms with van der Waals surface area (Å²) in [4.78, 5) is 0. The van der Waals surface area contributed by atoms with Gasteiger partial charge in [-0.1, -0.05) is 0 Å². The first-order valence-corrected chi connectivity index (χ1v) is 5.43. The first-order valence-electron chi connectivity index (χ1n) is 4.64. The number of nitrogen functional groups attached to an aromatic ring is 1. The summed E-state index contributed by atoms with van der Waals surface area (Å²) >= 11 is 3.02. The first-order chi connectivity index (χ1) is 7.57. The fourth-order valence-corrected chi connectivity index (χ4v) is 1.64. The minimum atomic E-state index is -0.592. The Labute approximate surface area is 101 Å². The lowest BCUT2D eigenvalue weighted by Gasteiger charge is -2.09. The molecule has 88 valence electrons. The molecule has 0 amide bonds. The van der Waals surface area contributed by atoms with Crippen LogP contribution >= 0.6 is 15.9 Å². The van der Waals surface area contributed by atoms with Crippen LogP contribution in [0, 0.1) is 11.2 Å². The van der Waals surface area contributed by atoms with E-state index in [0.717, 1.165) is 0 Å². The van der Waals surface area contributed by atoms with Gasteiger partial charge in [-0.3, -0.25) is 5.41 Å². The van der Waals surface area contributed by atoms with Gasteiger partial charge in [-0.25, -0.2) is 4.39 Å². The van der Waals surface area contributed by atoms with Gasteiger partial charge >= 0.3 is 0 Å². The number of halogens is 2. The van der Waals surface area contributed by atoms with Gasteiger partial charge in [-0.15, -0.1) is 0 Å². The summed E-state index contributed by atoms with van der Waals surface area (Å²) in [5.74, 6) is -0.733. The molecule has 16 heavy (non-hydrogen) atoms. The van der Waals surface area contributed by atoms with Crippen molar-refractivity contribution >= 4 is 21.8 Å². The smallest absolute Gasteiger partial charge is 0.179 e. The van der Waals surface area contributed by atoms with Crippen LogP contribution in [0.3, 0.4) is 0 Å². The van der Waals surface area contributed by atoms with E-state index in [-0.39, 0.29) is 34.8 Å². The van der Waals surface area contributed by atoms with Gasteiger partial charge in [-0.2, -0.15) is 0 Å². The van der Waals surface area contributed by atoms with Gasteiger partial charge in [0, 0.05) is 18.6 Å². The van der Waals surface area contributed by atoms with Crippen molar-refractivity contribution in [2.45, 2.75) is 6.42 Å². The summed E-state index contributed by atoms with van der Waals surface area (Å²) in [5, 5.41) is 15.8. The molecule has 4 nitrogen and oxygen atoms in total. The molecule has 0 spiro atoms. The lowest BCUT2D eigenvalue weighted by atomic mass is 10.2. The van der Waals surface area contributed by atoms with Gasteiger partial charge in [-0.05, 0) is 28.1 Å². The van der Waals surface area contributed by atoms with Crippen molar-refractivity contribution in [1.29, 1.82) is 5.41 Å². The normalized spacial score (nSPS) is 10.2. The van der Waals surface area contributed by atoms with Crippen LogP contribution in [0.25, 0.3) is 0 Å². The Morgan fingerprint density at radius 3 is 2.81 bits per heavy atom. The predicted molar refractivity (Wildman–Crippen MR) is 62.3 cm³/mol. The predicted octanol–water partition coefficient (Wildman–Crippen LogP) is 1.63. The summed E-state index contributed by atoms with van der Waals surface area (Å²) in [5.41, 5.74) is 5.55. The number of benzene rings is 1. The van der Waals surface area contributed by atoms with Gasteiger partial charge in [0.1, 0.15) is 5.84 Å². The minimum absolute atomic E-state index is 0.00564. The molecule has 0 unspecified atom stereocenters. The minimum Gasteiger partial charge on any atom is -0.490 e. The third kappa shape index (κ3) is 2.93. The maximum Gasteiger partial charge on any atom is 0.179 e. The summed E-state index contributed by atoms with van der Waals surface area (Å²) in [6.07, 6.45) is 0.436. The average molecular weight is 291 g/mol. The van der Waals surface area contributed by atoms with Crippen molar-refractivity contribution < 1.29 is 14.2 Å². The molecule has 0 bridgehead atoms. The number of aliphatic hydroxyl groups is 1. The lowest BCUT2D eigenvalue weighted by molar-refractivity contribution is 0.228. The topological polar surface area (TPSA) is 79.3 Å². The molecule has 0 aliphatic carbocycles. The van der Waals surface area contributed by atoms with Crippen molar-refractivity contribution in [1.82, 2.24) is 0 Å². The Balaban J connectivity index is 2.89. The zero-order chi connectivity index (χ0) is 12.1. The third-order valence-corrected chi connectivity index (χ3v) is 2.67. The van der Waals surface area contributed by atoms with Gasteiger partial charge in [0.25, 0.3) is 0 Å². The van der Waals surface area contributed by atoms with Gasteiger partial charge < -0.3 is 15.6 Å². The zero-order valence-corrected chi connectivity index (χ0v) is 10.1. The highest BCUT2D eigenvalue weighted by atomic mass is 79.9. The van der Waals surface area contributed by atoms with Gasteiger partial charge in [0.2, 0.25) is 0 Å². The van der Waals surface area contributed by atoms with Gasteiger partial charge in [0.15, 0.2) is 11.6 Å². The van der Waals surface area contributed by atoms with E-state index >= 15 is 0 Å². The van der Waals surface area contributed by atoms with Crippen molar-refractivity contribution in [2.24, 2.45) is 5.73 Å². The third-order valence-electron chi connectivity index (χ3n) is 1.90. The number of ether oxygens (including phenoxy) is 1. The van der Waals surface area contributed by atoms with E-state index < -0.39 is 5.82 Å². The Bertz CT molecular complexity index is 399. The van der Waals surface area contributed by atoms with E-state index in [0.29, 0.717) is 6.42 Å². The molecule has 0 atom stereocenters. The van der Waals surface area contributed by atoms with Crippen molar-refractivity contribution in [2.75, 3.05) is 13.2 Å². The lowest BCUT2D eigenvalue weighted by Crippen LogP contribution is -2.13. The number of amidine groups is 1. The highest BCUT2D eigenvalue weighted by Crippen LogP contribution is 2.28. The van der Waals surface area contributed by atoms with E-state index in [1.165, 1.54) is 12.1 Å². The molecule has 0 heterocycles. The van der Waals surface area contributed by atoms with E-state index in [1.54, 1.807) is 0 Å². The summed E-state index contributed by atoms with van der Waals surface area (Å²) in [7, 11) is 0. The fraction of sp³-hybridized carbons (Fsp3) is 0.300. The number of nitrogens with two attached hydrogens (primary N) is 1. The molecule has 0 saturated heterocycles. The number of hydrogen-bond donors (Lipinski definition) is 3. The van der Waals surface area contributed by atoms with E-state index in [4.69, 9.17) is 21.0 Å². The largest absolute Gasteiger partial charge is 0.490 e. The standard InChI is InChI=1S/C10H12BrFN2O2/c11-8-6(10(13)14)2-3-7(9(8)12)16-5-1-4-15/h2-3,15H,1,4-5H2,(H3,13,14). The molecule has 4 N–H and O–H groups in total. The molecule has 6 heteroatoms. The maximum absolute atomic E-state index is 13.7. The highest BCUT2D eigenvalue weighted by Gasteiger charge is 2.13. The second-order valence-electron chi connectivity index (χ2n) is 3.08. The van der Waals surface area contributed by atoms with Crippen LogP contribution in [-0.4, -0.2) is 24.2 Å². The van der Waals surface area contributed by atoms with Crippen LogP contribution in [0.2, 0.25) is 0 Å². The molecule has 1 aromatic rings. The monoisotopic (exact) mass is 290 g/mol. The number of aliphatic hydroxyl groups excluding tert-OH is 1. The van der Waals surface area contributed by atoms with Crippen LogP contribution in [-0.2, 0) is 0 Å². The van der Waals surface area contributed by atoms with Crippen LogP contribution in [0.5, 0.6) is 5.75 Å². The molecule has 0 aromatic heterocycles. The van der Waals surface area contributed by atoms with Crippen LogP contribution in [0.15, 0.2) is 16.6 Å². The Morgan fingerprint density at radius 2 is 2.25 bits per heavy atom. The number of nitrogens with one attached hydrogen (secondary N) is 1. The van der Waals surface area contributed by atoms with E-state index in [9.17, 15) is 4.39 Å². The summed E-state index contributed by atoms with van der Waals surface area (Å²) in [6, 6.07) is 2.91. The summed E-state index contributed by atoms with van der Waals surface area (Å²) in [6.45, 7) is 0.230. The Morgan fingerprint density at radius 1 is 1.56 bits per heavy atom. The first kappa shape index (κ1) is 12.9. The molecule has 1 rings (SSSR count). The quantitative estimate of drug-likeness (QED) is 0.438. The molecule has 0 radical (unpaired) electrons. The van der Waals surface area contributed by atoms with Crippen LogP contribution < -0.4 is 10.5 Å². The molecule has 0 fully saturated rings. The van der Waals surface area contributed by atoms with E-state index in [2.05, 4.69) is 15.9 Å². The molecule has 0 aliphatic rings. The Hall–Kier alpha value is -1.14. The average Bonchev–Trinajstić information content (AvgIpc) is 2.24. The van der Waals surface area contributed by atoms with E-state index in [1.807, 2.05) is 0 Å². The highest BCUT2D eigenvalue weighted by molar-refractivity contribution is 9.10. The van der Waals surface area contributed by atoms with Crippen LogP contribution in [0.4, 0.5) is 4.39 Å². The van der Waals surface area contributed by atoms with Crippen molar-refractivity contribution in [3.63, 3.8) is 0 Å².